The number of methoxy groups -OCH3 is 1. The molecule has 1 atom stereocenters. The largest absolute Gasteiger partial charge is 0.497 e. The van der Waals surface area contributed by atoms with Gasteiger partial charge in [0.15, 0.2) is 0 Å². The first-order valence-electron chi connectivity index (χ1n) is 8.43. The lowest BCUT2D eigenvalue weighted by Gasteiger charge is -2.33. The number of hydrogen-bond acceptors (Lipinski definition) is 3. The van der Waals surface area contributed by atoms with Gasteiger partial charge in [0.2, 0.25) is 5.91 Å². The number of carbonyl (C=O) groups excluding carboxylic acids is 1. The second-order valence-electron chi connectivity index (χ2n) is 6.10. The molecule has 0 N–H and O–H groups in total. The van der Waals surface area contributed by atoms with E-state index in [0.29, 0.717) is 32.5 Å². The van der Waals surface area contributed by atoms with Gasteiger partial charge >= 0.3 is 0 Å². The summed E-state index contributed by atoms with van der Waals surface area (Å²) in [7, 11) is 1.63. The first-order chi connectivity index (χ1) is 12.2. The Bertz CT molecular complexity index is 717. The Balaban J connectivity index is 1.56. The molecule has 2 aromatic rings. The molecule has 0 saturated carbocycles. The molecule has 1 unspecified atom stereocenters. The molecule has 0 radical (unpaired) electrons. The highest BCUT2D eigenvalue weighted by molar-refractivity contribution is 5.76. The number of morpholine rings is 1. The summed E-state index contributed by atoms with van der Waals surface area (Å²) in [5.74, 6) is 0.616. The smallest absolute Gasteiger partial charge is 0.223 e. The monoisotopic (exact) mass is 343 g/mol. The highest BCUT2D eigenvalue weighted by Gasteiger charge is 2.25. The van der Waals surface area contributed by atoms with E-state index >= 15 is 0 Å². The van der Waals surface area contributed by atoms with Crippen molar-refractivity contribution in [2.24, 2.45) is 0 Å². The Morgan fingerprint density at radius 1 is 1.28 bits per heavy atom. The number of amides is 1. The van der Waals surface area contributed by atoms with Crippen LogP contribution in [0.25, 0.3) is 0 Å². The van der Waals surface area contributed by atoms with Crippen molar-refractivity contribution in [3.63, 3.8) is 0 Å². The minimum absolute atomic E-state index is 0.0977. The van der Waals surface area contributed by atoms with E-state index in [-0.39, 0.29) is 17.8 Å². The average molecular weight is 343 g/mol. The fraction of sp³-hybridized carbons (Fsp3) is 0.350. The summed E-state index contributed by atoms with van der Waals surface area (Å²) < 4.78 is 24.2. The van der Waals surface area contributed by atoms with E-state index in [4.69, 9.17) is 9.47 Å². The molecular weight excluding hydrogens is 321 g/mol. The predicted octanol–water partition coefficient (Wildman–Crippen LogP) is 3.37. The highest BCUT2D eigenvalue weighted by atomic mass is 19.1. The van der Waals surface area contributed by atoms with Crippen molar-refractivity contribution >= 4 is 5.91 Å². The maximum absolute atomic E-state index is 13.4. The van der Waals surface area contributed by atoms with Gasteiger partial charge in [0.05, 0.1) is 20.3 Å². The molecule has 0 bridgehead atoms. The van der Waals surface area contributed by atoms with Crippen molar-refractivity contribution in [3.05, 3.63) is 65.5 Å². The molecule has 132 valence electrons. The van der Waals surface area contributed by atoms with Crippen LogP contribution < -0.4 is 4.74 Å². The Morgan fingerprint density at radius 2 is 2.08 bits per heavy atom. The lowest BCUT2D eigenvalue weighted by atomic mass is 10.1. The third kappa shape index (κ3) is 4.57. The molecule has 3 rings (SSSR count). The fourth-order valence-electron chi connectivity index (χ4n) is 2.99. The summed E-state index contributed by atoms with van der Waals surface area (Å²) in [6.45, 7) is 1.51. The van der Waals surface area contributed by atoms with E-state index in [1.165, 1.54) is 12.1 Å². The number of hydrogen-bond donors (Lipinski definition) is 0. The number of halogens is 1. The maximum Gasteiger partial charge on any atom is 0.223 e. The molecule has 0 aliphatic carbocycles. The van der Waals surface area contributed by atoms with Crippen molar-refractivity contribution < 1.29 is 18.7 Å². The number of carbonyl (C=O) groups is 1. The summed E-state index contributed by atoms with van der Waals surface area (Å²) in [5.41, 5.74) is 1.87. The summed E-state index contributed by atoms with van der Waals surface area (Å²) in [6, 6.07) is 14.1. The van der Waals surface area contributed by atoms with Crippen LogP contribution in [0.4, 0.5) is 4.39 Å². The number of ether oxygens (including phenoxy) is 2. The molecule has 1 aliphatic rings. The van der Waals surface area contributed by atoms with Crippen LogP contribution in [0.5, 0.6) is 5.75 Å². The van der Waals surface area contributed by atoms with Gasteiger partial charge in [-0.05, 0) is 41.8 Å². The van der Waals surface area contributed by atoms with Crippen LogP contribution in [0.1, 0.15) is 23.7 Å². The van der Waals surface area contributed by atoms with E-state index in [9.17, 15) is 9.18 Å². The maximum atomic E-state index is 13.4. The average Bonchev–Trinajstić information content (AvgIpc) is 2.66. The predicted molar refractivity (Wildman–Crippen MR) is 93.0 cm³/mol. The van der Waals surface area contributed by atoms with Gasteiger partial charge in [0, 0.05) is 13.0 Å². The van der Waals surface area contributed by atoms with E-state index in [1.807, 2.05) is 35.2 Å². The Hall–Kier alpha value is -2.40. The van der Waals surface area contributed by atoms with Crippen molar-refractivity contribution in [2.75, 3.05) is 26.8 Å². The molecule has 1 heterocycles. The molecular formula is C20H22FNO3. The number of aryl methyl sites for hydroxylation is 1. The quantitative estimate of drug-likeness (QED) is 0.835. The lowest BCUT2D eigenvalue weighted by Crippen LogP contribution is -2.42. The molecule has 1 amide bonds. The second-order valence-corrected chi connectivity index (χ2v) is 6.10. The fourth-order valence-corrected chi connectivity index (χ4v) is 2.99. The Labute approximate surface area is 147 Å². The molecule has 1 saturated heterocycles. The van der Waals surface area contributed by atoms with Gasteiger partial charge in [0.1, 0.15) is 17.7 Å². The van der Waals surface area contributed by atoms with E-state index in [2.05, 4.69) is 0 Å². The van der Waals surface area contributed by atoms with Gasteiger partial charge in [-0.2, -0.15) is 0 Å². The van der Waals surface area contributed by atoms with Gasteiger partial charge in [0.25, 0.3) is 0 Å². The minimum Gasteiger partial charge on any atom is -0.497 e. The van der Waals surface area contributed by atoms with Crippen molar-refractivity contribution in [2.45, 2.75) is 18.9 Å². The van der Waals surface area contributed by atoms with Crippen LogP contribution in [-0.2, 0) is 16.0 Å². The van der Waals surface area contributed by atoms with E-state index in [1.54, 1.807) is 13.2 Å². The summed E-state index contributed by atoms with van der Waals surface area (Å²) >= 11 is 0. The normalized spacial score (nSPS) is 17.4. The molecule has 4 nitrogen and oxygen atoms in total. The first kappa shape index (κ1) is 17.4. The zero-order valence-corrected chi connectivity index (χ0v) is 14.3. The van der Waals surface area contributed by atoms with Gasteiger partial charge in [-0.25, -0.2) is 4.39 Å². The summed E-state index contributed by atoms with van der Waals surface area (Å²) in [5, 5.41) is 0. The topological polar surface area (TPSA) is 38.8 Å². The van der Waals surface area contributed by atoms with Crippen LogP contribution in [0, 0.1) is 5.82 Å². The standard InChI is InChI=1S/C20H22FNO3/c1-24-18-8-5-15(6-9-18)7-10-20(23)22-11-12-25-19(14-22)16-3-2-4-17(21)13-16/h2-6,8-9,13,19H,7,10-12,14H2,1H3. The number of nitrogens with zero attached hydrogens (tertiary/aromatic N) is 1. The van der Waals surface area contributed by atoms with Crippen LogP contribution >= 0.6 is 0 Å². The van der Waals surface area contributed by atoms with Crippen molar-refractivity contribution in [1.82, 2.24) is 4.90 Å². The molecule has 2 aromatic carbocycles. The lowest BCUT2D eigenvalue weighted by molar-refractivity contribution is -0.139. The highest BCUT2D eigenvalue weighted by Crippen LogP contribution is 2.23. The SMILES string of the molecule is COc1ccc(CCC(=O)N2CCOC(c3cccc(F)c3)C2)cc1. The Kier molecular flexibility index (Phi) is 5.66. The first-order valence-corrected chi connectivity index (χ1v) is 8.43. The van der Waals surface area contributed by atoms with Crippen LogP contribution in [0.3, 0.4) is 0 Å². The molecule has 25 heavy (non-hydrogen) atoms. The molecule has 1 fully saturated rings. The second kappa shape index (κ2) is 8.12. The van der Waals surface area contributed by atoms with Crippen LogP contribution in [0.15, 0.2) is 48.5 Å². The van der Waals surface area contributed by atoms with Crippen LogP contribution in [-0.4, -0.2) is 37.6 Å². The van der Waals surface area contributed by atoms with Gasteiger partial charge in [-0.15, -0.1) is 0 Å². The third-order valence-corrected chi connectivity index (χ3v) is 4.43. The van der Waals surface area contributed by atoms with Crippen molar-refractivity contribution in [3.8, 4) is 5.75 Å². The van der Waals surface area contributed by atoms with Gasteiger partial charge in [-0.1, -0.05) is 24.3 Å². The zero-order valence-electron chi connectivity index (χ0n) is 14.3. The molecule has 5 heteroatoms. The Morgan fingerprint density at radius 3 is 2.80 bits per heavy atom. The number of rotatable bonds is 5. The van der Waals surface area contributed by atoms with E-state index in [0.717, 1.165) is 16.9 Å². The van der Waals surface area contributed by atoms with Crippen molar-refractivity contribution in [1.29, 1.82) is 0 Å². The minimum atomic E-state index is -0.288. The molecule has 0 spiro atoms. The summed E-state index contributed by atoms with van der Waals surface area (Å²) in [6.07, 6.45) is 0.863. The van der Waals surface area contributed by atoms with E-state index < -0.39 is 0 Å². The zero-order chi connectivity index (χ0) is 17.6. The third-order valence-electron chi connectivity index (χ3n) is 4.43. The summed E-state index contributed by atoms with van der Waals surface area (Å²) in [4.78, 5) is 14.3. The molecule has 1 aliphatic heterocycles. The molecule has 0 aromatic heterocycles. The number of benzene rings is 2. The van der Waals surface area contributed by atoms with Gasteiger partial charge < -0.3 is 14.4 Å². The van der Waals surface area contributed by atoms with Gasteiger partial charge in [-0.3, -0.25) is 4.79 Å². The van der Waals surface area contributed by atoms with Crippen LogP contribution in [0.2, 0.25) is 0 Å².